The molecule has 0 N–H and O–H groups in total. The smallest absolute Gasteiger partial charge is 0.248 e. The van der Waals surface area contributed by atoms with Crippen LogP contribution in [0.5, 0.6) is 0 Å². The van der Waals surface area contributed by atoms with E-state index in [2.05, 4.69) is 0 Å². The molecule has 1 spiro atoms. The number of nitrogens with zero attached hydrogens (tertiary/aromatic N) is 2. The average molecular weight is 296 g/mol. The highest BCUT2D eigenvalue weighted by Gasteiger charge is 2.44. The first-order valence-corrected chi connectivity index (χ1v) is 7.78. The lowest BCUT2D eigenvalue weighted by Crippen LogP contribution is -2.43. The summed E-state index contributed by atoms with van der Waals surface area (Å²) in [4.78, 5) is 28.1. The summed E-state index contributed by atoms with van der Waals surface area (Å²) in [5.74, 6) is 0.398. The second-order valence-electron chi connectivity index (χ2n) is 6.64. The van der Waals surface area contributed by atoms with Crippen LogP contribution in [0.15, 0.2) is 0 Å². The van der Waals surface area contributed by atoms with E-state index in [1.807, 2.05) is 11.9 Å². The van der Waals surface area contributed by atoms with Crippen LogP contribution in [-0.2, 0) is 19.1 Å². The van der Waals surface area contributed by atoms with Gasteiger partial charge in [-0.1, -0.05) is 0 Å². The predicted octanol–water partition coefficient (Wildman–Crippen LogP) is 0.120. The molecule has 3 aliphatic heterocycles. The molecule has 2 amide bonds. The molecule has 0 aromatic carbocycles. The van der Waals surface area contributed by atoms with Crippen LogP contribution in [0.1, 0.15) is 19.3 Å². The van der Waals surface area contributed by atoms with Crippen molar-refractivity contribution in [2.45, 2.75) is 19.3 Å². The minimum atomic E-state index is -0.0816. The Morgan fingerprint density at radius 1 is 1.24 bits per heavy atom. The van der Waals surface area contributed by atoms with Crippen LogP contribution in [0.3, 0.4) is 0 Å². The summed E-state index contributed by atoms with van der Waals surface area (Å²) in [6, 6.07) is 0. The van der Waals surface area contributed by atoms with Crippen LogP contribution in [0.4, 0.5) is 0 Å². The highest BCUT2D eigenvalue weighted by atomic mass is 16.5. The Bertz CT molecular complexity index is 422. The number of likely N-dealkylation sites (N-methyl/N-ethyl adjacent to an activating group) is 1. The number of carbonyl (C=O) groups excluding carboxylic acids is 2. The van der Waals surface area contributed by atoms with E-state index in [9.17, 15) is 9.59 Å². The molecular formula is C15H24N2O4. The van der Waals surface area contributed by atoms with Gasteiger partial charge in [0.2, 0.25) is 11.8 Å². The van der Waals surface area contributed by atoms with Crippen LogP contribution in [0.2, 0.25) is 0 Å². The highest BCUT2D eigenvalue weighted by molar-refractivity contribution is 5.79. The number of carbonyl (C=O) groups is 2. The molecule has 0 aliphatic carbocycles. The Balaban J connectivity index is 1.63. The fourth-order valence-corrected chi connectivity index (χ4v) is 3.67. The molecular weight excluding hydrogens is 272 g/mol. The molecule has 0 saturated carbocycles. The zero-order valence-corrected chi connectivity index (χ0v) is 12.7. The van der Waals surface area contributed by atoms with Gasteiger partial charge < -0.3 is 19.3 Å². The molecule has 3 fully saturated rings. The third-order valence-corrected chi connectivity index (χ3v) is 4.95. The lowest BCUT2D eigenvalue weighted by molar-refractivity contribution is -0.138. The van der Waals surface area contributed by atoms with Gasteiger partial charge in [-0.15, -0.1) is 0 Å². The normalized spacial score (nSPS) is 31.8. The summed E-state index contributed by atoms with van der Waals surface area (Å²) in [7, 11) is 1.82. The van der Waals surface area contributed by atoms with E-state index in [0.717, 1.165) is 25.8 Å². The molecule has 6 nitrogen and oxygen atoms in total. The molecule has 1 atom stereocenters. The van der Waals surface area contributed by atoms with E-state index in [-0.39, 0.29) is 29.8 Å². The van der Waals surface area contributed by atoms with Crippen molar-refractivity contribution in [2.24, 2.45) is 11.3 Å². The third-order valence-electron chi connectivity index (χ3n) is 4.95. The molecule has 0 radical (unpaired) electrons. The summed E-state index contributed by atoms with van der Waals surface area (Å²) in [5, 5.41) is 0. The van der Waals surface area contributed by atoms with Crippen molar-refractivity contribution in [1.82, 2.24) is 9.80 Å². The maximum Gasteiger partial charge on any atom is 0.248 e. The SMILES string of the molecule is CN1CC2(CCN(C(=O)C3CCOCC3)C2)COCC1=O. The number of ether oxygens (including phenoxy) is 2. The number of hydrogen-bond donors (Lipinski definition) is 0. The Hall–Kier alpha value is -1.14. The van der Waals surface area contributed by atoms with Crippen LogP contribution in [0.25, 0.3) is 0 Å². The van der Waals surface area contributed by atoms with Gasteiger partial charge in [-0.25, -0.2) is 0 Å². The van der Waals surface area contributed by atoms with Crippen molar-refractivity contribution in [3.63, 3.8) is 0 Å². The molecule has 3 aliphatic rings. The van der Waals surface area contributed by atoms with Crippen molar-refractivity contribution in [2.75, 3.05) is 53.1 Å². The molecule has 0 bridgehead atoms. The molecule has 0 aromatic rings. The van der Waals surface area contributed by atoms with E-state index in [0.29, 0.717) is 32.9 Å². The zero-order valence-electron chi connectivity index (χ0n) is 12.7. The quantitative estimate of drug-likeness (QED) is 0.690. The standard InChI is InChI=1S/C15H24N2O4/c1-16-9-15(11-21-8-13(16)18)4-5-17(10-15)14(19)12-2-6-20-7-3-12/h12H,2-11H2,1H3. The second-order valence-corrected chi connectivity index (χ2v) is 6.64. The van der Waals surface area contributed by atoms with E-state index in [1.165, 1.54) is 0 Å². The van der Waals surface area contributed by atoms with Gasteiger partial charge in [0.1, 0.15) is 6.61 Å². The van der Waals surface area contributed by atoms with E-state index in [1.54, 1.807) is 4.90 Å². The second kappa shape index (κ2) is 5.93. The van der Waals surface area contributed by atoms with Crippen LogP contribution >= 0.6 is 0 Å². The number of rotatable bonds is 1. The van der Waals surface area contributed by atoms with Gasteiger partial charge in [-0.05, 0) is 19.3 Å². The monoisotopic (exact) mass is 296 g/mol. The molecule has 3 heterocycles. The van der Waals surface area contributed by atoms with Gasteiger partial charge in [-0.2, -0.15) is 0 Å². The maximum absolute atomic E-state index is 12.6. The zero-order chi connectivity index (χ0) is 14.9. The van der Waals surface area contributed by atoms with E-state index >= 15 is 0 Å². The number of hydrogen-bond acceptors (Lipinski definition) is 4. The lowest BCUT2D eigenvalue weighted by atomic mass is 9.87. The van der Waals surface area contributed by atoms with Gasteiger partial charge in [-0.3, -0.25) is 9.59 Å². The van der Waals surface area contributed by atoms with E-state index < -0.39 is 0 Å². The highest BCUT2D eigenvalue weighted by Crippen LogP contribution is 2.34. The fraction of sp³-hybridized carbons (Fsp3) is 0.867. The van der Waals surface area contributed by atoms with Crippen molar-refractivity contribution in [3.8, 4) is 0 Å². The maximum atomic E-state index is 12.6. The molecule has 6 heteroatoms. The Kier molecular flexibility index (Phi) is 4.17. The Morgan fingerprint density at radius 2 is 2.00 bits per heavy atom. The van der Waals surface area contributed by atoms with Gasteiger partial charge in [0, 0.05) is 51.2 Å². The first kappa shape index (κ1) is 14.8. The summed E-state index contributed by atoms with van der Waals surface area (Å²) < 4.78 is 10.9. The third kappa shape index (κ3) is 3.06. The van der Waals surface area contributed by atoms with Gasteiger partial charge in [0.15, 0.2) is 0 Å². The molecule has 1 unspecified atom stereocenters. The summed E-state index contributed by atoms with van der Waals surface area (Å²) in [6.07, 6.45) is 2.58. The van der Waals surface area contributed by atoms with Crippen LogP contribution in [-0.4, -0.2) is 74.7 Å². The minimum absolute atomic E-state index is 0.0288. The first-order chi connectivity index (χ1) is 10.1. The predicted molar refractivity (Wildman–Crippen MR) is 75.6 cm³/mol. The summed E-state index contributed by atoms with van der Waals surface area (Å²) in [5.41, 5.74) is -0.0816. The number of likely N-dealkylation sites (tertiary alicyclic amines) is 1. The molecule has 3 rings (SSSR count). The van der Waals surface area contributed by atoms with Crippen LogP contribution in [0, 0.1) is 11.3 Å². The molecule has 0 aromatic heterocycles. The molecule has 3 saturated heterocycles. The van der Waals surface area contributed by atoms with Crippen molar-refractivity contribution >= 4 is 11.8 Å². The molecule has 21 heavy (non-hydrogen) atoms. The minimum Gasteiger partial charge on any atom is -0.381 e. The fourth-order valence-electron chi connectivity index (χ4n) is 3.67. The van der Waals surface area contributed by atoms with E-state index in [4.69, 9.17) is 9.47 Å². The Morgan fingerprint density at radius 3 is 2.76 bits per heavy atom. The first-order valence-electron chi connectivity index (χ1n) is 7.78. The van der Waals surface area contributed by atoms with Crippen molar-refractivity contribution in [1.29, 1.82) is 0 Å². The summed E-state index contributed by atoms with van der Waals surface area (Å²) >= 11 is 0. The Labute approximate surface area is 125 Å². The topological polar surface area (TPSA) is 59.1 Å². The average Bonchev–Trinajstić information content (AvgIpc) is 2.85. The molecule has 118 valence electrons. The van der Waals surface area contributed by atoms with Gasteiger partial charge in [0.25, 0.3) is 0 Å². The number of amides is 2. The van der Waals surface area contributed by atoms with Gasteiger partial charge >= 0.3 is 0 Å². The van der Waals surface area contributed by atoms with Crippen molar-refractivity contribution in [3.05, 3.63) is 0 Å². The summed E-state index contributed by atoms with van der Waals surface area (Å²) in [6.45, 7) is 4.28. The largest absolute Gasteiger partial charge is 0.381 e. The van der Waals surface area contributed by atoms with Gasteiger partial charge in [0.05, 0.1) is 6.61 Å². The van der Waals surface area contributed by atoms with Crippen LogP contribution < -0.4 is 0 Å². The lowest BCUT2D eigenvalue weighted by Gasteiger charge is -2.31. The van der Waals surface area contributed by atoms with Crippen molar-refractivity contribution < 1.29 is 19.1 Å².